The molecule has 1 atom stereocenters. The van der Waals surface area contributed by atoms with Crippen LogP contribution in [-0.4, -0.2) is 36.9 Å². The maximum Gasteiger partial charge on any atom is 0.176 e. The molecule has 0 aliphatic carbocycles. The number of ether oxygens (including phenoxy) is 1. The van der Waals surface area contributed by atoms with Gasteiger partial charge in [-0.1, -0.05) is 20.8 Å². The zero-order valence-corrected chi connectivity index (χ0v) is 13.3. The van der Waals surface area contributed by atoms with Crippen molar-refractivity contribution in [3.63, 3.8) is 0 Å². The van der Waals surface area contributed by atoms with E-state index in [2.05, 4.69) is 25.7 Å². The number of fused-ring (bicyclic) bond motifs is 1. The van der Waals surface area contributed by atoms with Crippen LogP contribution in [0.1, 0.15) is 43.1 Å². The molecule has 2 aliphatic heterocycles. The lowest BCUT2D eigenvalue weighted by Gasteiger charge is -2.27. The third kappa shape index (κ3) is 3.13. The molecule has 0 saturated carbocycles. The van der Waals surface area contributed by atoms with Gasteiger partial charge in [0.15, 0.2) is 5.78 Å². The van der Waals surface area contributed by atoms with Gasteiger partial charge in [0.1, 0.15) is 5.75 Å². The maximum atomic E-state index is 12.5. The molecule has 0 spiro atoms. The Hall–Kier alpha value is -1.35. The van der Waals surface area contributed by atoms with Gasteiger partial charge in [0, 0.05) is 18.5 Å². The maximum absolute atomic E-state index is 12.5. The van der Waals surface area contributed by atoms with Gasteiger partial charge in [-0.3, -0.25) is 9.69 Å². The Morgan fingerprint density at radius 2 is 2.19 bits per heavy atom. The average Bonchev–Trinajstić information content (AvgIpc) is 3.04. The summed E-state index contributed by atoms with van der Waals surface area (Å²) < 4.78 is 5.50. The Balaban J connectivity index is 1.62. The fourth-order valence-corrected chi connectivity index (χ4v) is 3.34. The Morgan fingerprint density at radius 1 is 1.38 bits per heavy atom. The van der Waals surface area contributed by atoms with Crippen molar-refractivity contribution >= 4 is 5.78 Å². The topological polar surface area (TPSA) is 29.5 Å². The highest BCUT2D eigenvalue weighted by Crippen LogP contribution is 2.33. The molecule has 1 aromatic rings. The van der Waals surface area contributed by atoms with Crippen LogP contribution in [0.5, 0.6) is 5.75 Å². The molecular weight excluding hydrogens is 262 g/mol. The minimum absolute atomic E-state index is 0.235. The van der Waals surface area contributed by atoms with E-state index in [0.717, 1.165) is 37.4 Å². The minimum atomic E-state index is 0.235. The summed E-state index contributed by atoms with van der Waals surface area (Å²) >= 11 is 0. The first-order valence-corrected chi connectivity index (χ1v) is 7.95. The van der Waals surface area contributed by atoms with Crippen molar-refractivity contribution in [1.29, 1.82) is 0 Å². The van der Waals surface area contributed by atoms with Crippen molar-refractivity contribution < 1.29 is 9.53 Å². The molecule has 0 bridgehead atoms. The number of hydrogen-bond donors (Lipinski definition) is 0. The van der Waals surface area contributed by atoms with Gasteiger partial charge in [-0.05, 0) is 48.1 Å². The molecular formula is C18H25NO2. The van der Waals surface area contributed by atoms with Crippen LogP contribution in [-0.2, 0) is 6.42 Å². The molecule has 1 unspecified atom stereocenters. The van der Waals surface area contributed by atoms with Gasteiger partial charge in [-0.2, -0.15) is 0 Å². The smallest absolute Gasteiger partial charge is 0.176 e. The quantitative estimate of drug-likeness (QED) is 0.800. The molecule has 3 nitrogen and oxygen atoms in total. The van der Waals surface area contributed by atoms with Crippen LogP contribution in [0.4, 0.5) is 0 Å². The van der Waals surface area contributed by atoms with Crippen molar-refractivity contribution in [2.24, 2.45) is 11.3 Å². The van der Waals surface area contributed by atoms with E-state index in [1.54, 1.807) is 0 Å². The van der Waals surface area contributed by atoms with E-state index in [-0.39, 0.29) is 5.78 Å². The second-order valence-electron chi connectivity index (χ2n) is 7.43. The summed E-state index contributed by atoms with van der Waals surface area (Å²) in [5.74, 6) is 1.87. The van der Waals surface area contributed by atoms with Gasteiger partial charge < -0.3 is 4.74 Å². The van der Waals surface area contributed by atoms with Crippen LogP contribution in [0.2, 0.25) is 0 Å². The van der Waals surface area contributed by atoms with E-state index in [4.69, 9.17) is 4.74 Å². The minimum Gasteiger partial charge on any atom is -0.493 e. The molecule has 0 N–H and O–H groups in total. The lowest BCUT2D eigenvalue weighted by Crippen LogP contribution is -2.30. The standard InChI is InChI=1S/C18H25NO2/c1-18(2,3)15-6-8-19(11-15)12-16(20)13-4-5-17-14(10-13)7-9-21-17/h4-5,10,15H,6-9,11-12H2,1-3H3. The highest BCUT2D eigenvalue weighted by Gasteiger charge is 2.32. The van der Waals surface area contributed by atoms with Gasteiger partial charge in [0.05, 0.1) is 13.2 Å². The molecule has 0 radical (unpaired) electrons. The molecule has 2 heterocycles. The SMILES string of the molecule is CC(C)(C)C1CCN(CC(=O)c2ccc3c(c2)CCO3)C1. The Bertz CT molecular complexity index is 545. The Kier molecular flexibility index (Phi) is 3.78. The number of nitrogens with zero attached hydrogens (tertiary/aromatic N) is 1. The predicted octanol–water partition coefficient (Wildman–Crippen LogP) is 3.17. The van der Waals surface area contributed by atoms with Crippen LogP contribution in [0.3, 0.4) is 0 Å². The molecule has 0 aromatic heterocycles. The highest BCUT2D eigenvalue weighted by atomic mass is 16.5. The van der Waals surface area contributed by atoms with Crippen LogP contribution in [0, 0.1) is 11.3 Å². The summed E-state index contributed by atoms with van der Waals surface area (Å²) in [6, 6.07) is 5.86. The number of hydrogen-bond acceptors (Lipinski definition) is 3. The molecule has 1 saturated heterocycles. The number of likely N-dealkylation sites (tertiary alicyclic amines) is 1. The third-order valence-electron chi connectivity index (χ3n) is 4.88. The molecule has 1 aromatic carbocycles. The number of carbonyl (C=O) groups excluding carboxylic acids is 1. The van der Waals surface area contributed by atoms with Gasteiger partial charge >= 0.3 is 0 Å². The fourth-order valence-electron chi connectivity index (χ4n) is 3.34. The first kappa shape index (κ1) is 14.6. The largest absolute Gasteiger partial charge is 0.493 e. The molecule has 114 valence electrons. The normalized spacial score (nSPS) is 22.1. The van der Waals surface area contributed by atoms with E-state index >= 15 is 0 Å². The van der Waals surface area contributed by atoms with Crippen molar-refractivity contribution in [2.75, 3.05) is 26.2 Å². The molecule has 3 rings (SSSR count). The highest BCUT2D eigenvalue weighted by molar-refractivity contribution is 5.98. The summed E-state index contributed by atoms with van der Waals surface area (Å²) in [7, 11) is 0. The van der Waals surface area contributed by atoms with Crippen molar-refractivity contribution in [2.45, 2.75) is 33.6 Å². The lowest BCUT2D eigenvalue weighted by atomic mass is 9.80. The van der Waals surface area contributed by atoms with Gasteiger partial charge in [0.25, 0.3) is 0 Å². The Labute approximate surface area is 127 Å². The summed E-state index contributed by atoms with van der Waals surface area (Å²) in [5, 5.41) is 0. The van der Waals surface area contributed by atoms with Crippen molar-refractivity contribution in [3.05, 3.63) is 29.3 Å². The number of benzene rings is 1. The first-order chi connectivity index (χ1) is 9.93. The van der Waals surface area contributed by atoms with E-state index < -0.39 is 0 Å². The average molecular weight is 287 g/mol. The van der Waals surface area contributed by atoms with Gasteiger partial charge in [-0.15, -0.1) is 0 Å². The number of carbonyl (C=O) groups is 1. The molecule has 21 heavy (non-hydrogen) atoms. The fraction of sp³-hybridized carbons (Fsp3) is 0.611. The Morgan fingerprint density at radius 3 is 2.90 bits per heavy atom. The molecule has 1 fully saturated rings. The number of Topliss-reactive ketones (excluding diaryl/α,β-unsaturated/α-hetero) is 1. The van der Waals surface area contributed by atoms with E-state index in [0.29, 0.717) is 17.9 Å². The van der Waals surface area contributed by atoms with Gasteiger partial charge in [0.2, 0.25) is 0 Å². The van der Waals surface area contributed by atoms with Crippen LogP contribution >= 0.6 is 0 Å². The van der Waals surface area contributed by atoms with Crippen molar-refractivity contribution in [3.8, 4) is 5.75 Å². The third-order valence-corrected chi connectivity index (χ3v) is 4.88. The zero-order valence-electron chi connectivity index (χ0n) is 13.3. The predicted molar refractivity (Wildman–Crippen MR) is 84.0 cm³/mol. The van der Waals surface area contributed by atoms with E-state index in [1.807, 2.05) is 18.2 Å². The van der Waals surface area contributed by atoms with Crippen LogP contribution in [0.15, 0.2) is 18.2 Å². The van der Waals surface area contributed by atoms with Gasteiger partial charge in [-0.25, -0.2) is 0 Å². The lowest BCUT2D eigenvalue weighted by molar-refractivity contribution is 0.0938. The summed E-state index contributed by atoms with van der Waals surface area (Å²) in [6.45, 7) is 10.3. The van der Waals surface area contributed by atoms with Crippen LogP contribution < -0.4 is 4.74 Å². The van der Waals surface area contributed by atoms with Crippen LogP contribution in [0.25, 0.3) is 0 Å². The van der Waals surface area contributed by atoms with Crippen molar-refractivity contribution in [1.82, 2.24) is 4.90 Å². The molecule has 3 heteroatoms. The second-order valence-corrected chi connectivity index (χ2v) is 7.43. The second kappa shape index (κ2) is 5.45. The van der Waals surface area contributed by atoms with E-state index in [1.165, 1.54) is 12.0 Å². The molecule has 2 aliphatic rings. The summed E-state index contributed by atoms with van der Waals surface area (Å²) in [4.78, 5) is 14.8. The zero-order chi connectivity index (χ0) is 15.0. The summed E-state index contributed by atoms with van der Waals surface area (Å²) in [5.41, 5.74) is 2.34. The summed E-state index contributed by atoms with van der Waals surface area (Å²) in [6.07, 6.45) is 2.13. The van der Waals surface area contributed by atoms with E-state index in [9.17, 15) is 4.79 Å². The number of ketones is 1. The first-order valence-electron chi connectivity index (χ1n) is 7.95. The molecule has 0 amide bonds. The monoisotopic (exact) mass is 287 g/mol. The number of rotatable bonds is 3.